The molecule has 1 aromatic rings. The van der Waals surface area contributed by atoms with Gasteiger partial charge in [0.05, 0.1) is 12.7 Å². The molecule has 0 amide bonds. The second-order valence-corrected chi connectivity index (χ2v) is 4.45. The summed E-state index contributed by atoms with van der Waals surface area (Å²) in [6.07, 6.45) is 9.18. The van der Waals surface area contributed by atoms with E-state index in [1.54, 1.807) is 0 Å². The van der Waals surface area contributed by atoms with Gasteiger partial charge in [-0.1, -0.05) is 43.2 Å². The molecule has 0 unspecified atom stereocenters. The number of ether oxygens (including phenoxy) is 1. The fourth-order valence-electron chi connectivity index (χ4n) is 1.76. The van der Waals surface area contributed by atoms with Crippen molar-refractivity contribution in [2.75, 3.05) is 6.61 Å². The Morgan fingerprint density at radius 1 is 1.17 bits per heavy atom. The molecule has 0 bridgehead atoms. The number of aliphatic hydroxyl groups is 1. The number of hydrogen-bond acceptors (Lipinski definition) is 2. The largest absolute Gasteiger partial charge is 0.392 e. The van der Waals surface area contributed by atoms with Crippen molar-refractivity contribution in [2.24, 2.45) is 0 Å². The average Bonchev–Trinajstić information content (AvgIpc) is 2.39. The first-order chi connectivity index (χ1) is 8.83. The standard InChI is InChI=1S/C16H22O2/c1-2-9-16(17)12-7-4-8-13-18-14-15-10-5-3-6-11-15/h1,3,5-6,10-11,16-17H,4,7-9,12-14H2/t16-/m0/s1. The Kier molecular flexibility index (Phi) is 7.96. The fraction of sp³-hybridized carbons (Fsp3) is 0.500. The van der Waals surface area contributed by atoms with E-state index in [9.17, 15) is 5.11 Å². The summed E-state index contributed by atoms with van der Waals surface area (Å²) in [5, 5.41) is 9.43. The maximum absolute atomic E-state index is 9.43. The van der Waals surface area contributed by atoms with E-state index < -0.39 is 0 Å². The summed E-state index contributed by atoms with van der Waals surface area (Å²) in [6.45, 7) is 1.46. The van der Waals surface area contributed by atoms with Crippen molar-refractivity contribution < 1.29 is 9.84 Å². The highest BCUT2D eigenvalue weighted by Crippen LogP contribution is 2.07. The quantitative estimate of drug-likeness (QED) is 0.536. The second-order valence-electron chi connectivity index (χ2n) is 4.45. The molecule has 0 aromatic heterocycles. The zero-order valence-corrected chi connectivity index (χ0v) is 10.8. The summed E-state index contributed by atoms with van der Waals surface area (Å²) in [6, 6.07) is 10.2. The molecule has 0 fully saturated rings. The van der Waals surface area contributed by atoms with Gasteiger partial charge in [-0.2, -0.15) is 0 Å². The van der Waals surface area contributed by atoms with Crippen molar-refractivity contribution in [1.82, 2.24) is 0 Å². The van der Waals surface area contributed by atoms with Crippen molar-refractivity contribution >= 4 is 0 Å². The lowest BCUT2D eigenvalue weighted by Gasteiger charge is -2.07. The third-order valence-corrected chi connectivity index (χ3v) is 2.79. The van der Waals surface area contributed by atoms with Gasteiger partial charge in [-0.15, -0.1) is 12.3 Å². The van der Waals surface area contributed by atoms with Gasteiger partial charge in [0.25, 0.3) is 0 Å². The summed E-state index contributed by atoms with van der Waals surface area (Å²) >= 11 is 0. The maximum Gasteiger partial charge on any atom is 0.0716 e. The van der Waals surface area contributed by atoms with Crippen LogP contribution in [0.1, 0.15) is 37.7 Å². The lowest BCUT2D eigenvalue weighted by molar-refractivity contribution is 0.114. The second kappa shape index (κ2) is 9.70. The third-order valence-electron chi connectivity index (χ3n) is 2.79. The first-order valence-corrected chi connectivity index (χ1v) is 6.56. The van der Waals surface area contributed by atoms with E-state index in [2.05, 4.69) is 18.1 Å². The van der Waals surface area contributed by atoms with Crippen molar-refractivity contribution in [3.63, 3.8) is 0 Å². The number of unbranched alkanes of at least 4 members (excludes halogenated alkanes) is 2. The van der Waals surface area contributed by atoms with Crippen LogP contribution in [0, 0.1) is 12.3 Å². The molecule has 0 saturated heterocycles. The number of benzene rings is 1. The molecule has 0 spiro atoms. The van der Waals surface area contributed by atoms with Crippen LogP contribution in [0.2, 0.25) is 0 Å². The molecular weight excluding hydrogens is 224 g/mol. The van der Waals surface area contributed by atoms with E-state index in [-0.39, 0.29) is 6.10 Å². The Morgan fingerprint density at radius 3 is 2.67 bits per heavy atom. The van der Waals surface area contributed by atoms with E-state index in [1.807, 2.05) is 18.2 Å². The summed E-state index contributed by atoms with van der Waals surface area (Å²) in [5.41, 5.74) is 1.21. The Labute approximate surface area is 110 Å². The molecule has 0 saturated carbocycles. The van der Waals surface area contributed by atoms with E-state index in [1.165, 1.54) is 5.56 Å². The van der Waals surface area contributed by atoms with Crippen LogP contribution in [0.3, 0.4) is 0 Å². The van der Waals surface area contributed by atoms with Gasteiger partial charge >= 0.3 is 0 Å². The van der Waals surface area contributed by atoms with Gasteiger partial charge in [0.2, 0.25) is 0 Å². The number of terminal acetylenes is 1. The first-order valence-electron chi connectivity index (χ1n) is 6.56. The van der Waals surface area contributed by atoms with Crippen molar-refractivity contribution in [1.29, 1.82) is 0 Å². The van der Waals surface area contributed by atoms with Crippen LogP contribution >= 0.6 is 0 Å². The minimum absolute atomic E-state index is 0.333. The molecule has 2 nitrogen and oxygen atoms in total. The smallest absolute Gasteiger partial charge is 0.0716 e. The van der Waals surface area contributed by atoms with Gasteiger partial charge < -0.3 is 9.84 Å². The van der Waals surface area contributed by atoms with Crippen LogP contribution in [0.15, 0.2) is 30.3 Å². The molecule has 0 heterocycles. The van der Waals surface area contributed by atoms with Gasteiger partial charge in [0, 0.05) is 13.0 Å². The summed E-state index contributed by atoms with van der Waals surface area (Å²) < 4.78 is 5.58. The van der Waals surface area contributed by atoms with Crippen LogP contribution in [0.25, 0.3) is 0 Å². The number of rotatable bonds is 9. The summed E-state index contributed by atoms with van der Waals surface area (Å²) in [7, 11) is 0. The van der Waals surface area contributed by atoms with E-state index in [0.29, 0.717) is 13.0 Å². The average molecular weight is 246 g/mol. The van der Waals surface area contributed by atoms with E-state index in [4.69, 9.17) is 11.2 Å². The molecule has 98 valence electrons. The summed E-state index contributed by atoms with van der Waals surface area (Å²) in [4.78, 5) is 0. The fourth-order valence-corrected chi connectivity index (χ4v) is 1.76. The molecule has 18 heavy (non-hydrogen) atoms. The van der Waals surface area contributed by atoms with Crippen LogP contribution < -0.4 is 0 Å². The highest BCUT2D eigenvalue weighted by molar-refractivity contribution is 5.13. The minimum Gasteiger partial charge on any atom is -0.392 e. The molecular formula is C16H22O2. The van der Waals surface area contributed by atoms with Crippen molar-refractivity contribution in [3.8, 4) is 12.3 Å². The predicted octanol–water partition coefficient (Wildman–Crippen LogP) is 3.15. The van der Waals surface area contributed by atoms with Gasteiger partial charge in [0.15, 0.2) is 0 Å². The zero-order valence-electron chi connectivity index (χ0n) is 10.8. The monoisotopic (exact) mass is 246 g/mol. The molecule has 1 atom stereocenters. The van der Waals surface area contributed by atoms with Crippen LogP contribution in [0.4, 0.5) is 0 Å². The van der Waals surface area contributed by atoms with Gasteiger partial charge in [-0.25, -0.2) is 0 Å². The van der Waals surface area contributed by atoms with E-state index in [0.717, 1.165) is 32.3 Å². The lowest BCUT2D eigenvalue weighted by atomic mass is 10.1. The predicted molar refractivity (Wildman–Crippen MR) is 74.0 cm³/mol. The molecule has 2 heteroatoms. The SMILES string of the molecule is C#CC[C@H](O)CCCCCOCc1ccccc1. The summed E-state index contributed by atoms with van der Waals surface area (Å²) in [5.74, 6) is 2.47. The maximum atomic E-state index is 9.43. The van der Waals surface area contributed by atoms with E-state index >= 15 is 0 Å². The topological polar surface area (TPSA) is 29.5 Å². The third kappa shape index (κ3) is 7.11. The van der Waals surface area contributed by atoms with Gasteiger partial charge in [0.1, 0.15) is 0 Å². The first kappa shape index (κ1) is 14.8. The Bertz CT molecular complexity index is 340. The van der Waals surface area contributed by atoms with Crippen molar-refractivity contribution in [3.05, 3.63) is 35.9 Å². The van der Waals surface area contributed by atoms with Crippen molar-refractivity contribution in [2.45, 2.75) is 44.8 Å². The lowest BCUT2D eigenvalue weighted by Crippen LogP contribution is -2.04. The van der Waals surface area contributed by atoms with Crippen LogP contribution in [0.5, 0.6) is 0 Å². The highest BCUT2D eigenvalue weighted by Gasteiger charge is 2.01. The molecule has 0 radical (unpaired) electrons. The molecule has 0 aliphatic heterocycles. The Hall–Kier alpha value is -1.30. The molecule has 1 aromatic carbocycles. The Morgan fingerprint density at radius 2 is 1.94 bits per heavy atom. The highest BCUT2D eigenvalue weighted by atomic mass is 16.5. The van der Waals surface area contributed by atoms with Gasteiger partial charge in [-0.3, -0.25) is 0 Å². The number of aliphatic hydroxyl groups excluding tert-OH is 1. The molecule has 1 N–H and O–H groups in total. The number of hydrogen-bond donors (Lipinski definition) is 1. The molecule has 0 aliphatic rings. The Balaban J connectivity index is 1.92. The normalized spacial score (nSPS) is 12.0. The van der Waals surface area contributed by atoms with Gasteiger partial charge in [-0.05, 0) is 18.4 Å². The minimum atomic E-state index is -0.333. The molecule has 1 rings (SSSR count). The zero-order chi connectivity index (χ0) is 13.1. The molecule has 0 aliphatic carbocycles. The van der Waals surface area contributed by atoms with Crippen LogP contribution in [-0.4, -0.2) is 17.8 Å². The van der Waals surface area contributed by atoms with Crippen LogP contribution in [-0.2, 0) is 11.3 Å².